The Hall–Kier alpha value is -1.26. The van der Waals surface area contributed by atoms with Crippen LogP contribution in [0.4, 0.5) is 0 Å². The van der Waals surface area contributed by atoms with Crippen LogP contribution in [-0.4, -0.2) is 15.7 Å². The van der Waals surface area contributed by atoms with E-state index in [-0.39, 0.29) is 5.12 Å². The Morgan fingerprint density at radius 2 is 2.06 bits per heavy atom. The summed E-state index contributed by atoms with van der Waals surface area (Å²) in [5, 5.41) is 0.0204. The maximum absolute atomic E-state index is 11.5. The summed E-state index contributed by atoms with van der Waals surface area (Å²) in [5.74, 6) is 0. The molecule has 0 fully saturated rings. The molecule has 1 aromatic carbocycles. The molecule has 0 amide bonds. The van der Waals surface area contributed by atoms with Crippen molar-refractivity contribution in [3.63, 3.8) is 0 Å². The van der Waals surface area contributed by atoms with Crippen molar-refractivity contribution < 1.29 is 4.79 Å². The van der Waals surface area contributed by atoms with E-state index >= 15 is 0 Å². The molecule has 0 aromatic heterocycles. The summed E-state index contributed by atoms with van der Waals surface area (Å²) in [7, 11) is 0. The van der Waals surface area contributed by atoms with Crippen LogP contribution in [-0.2, 0) is 4.79 Å². The Kier molecular flexibility index (Phi) is 4.23. The third kappa shape index (κ3) is 3.35. The highest BCUT2D eigenvalue weighted by atomic mass is 32.2. The molecule has 2 nitrogen and oxygen atoms in total. The van der Waals surface area contributed by atoms with Gasteiger partial charge in [0.25, 0.3) is 0 Å². The molecule has 4 heteroatoms. The van der Waals surface area contributed by atoms with Gasteiger partial charge in [0.1, 0.15) is 10.1 Å². The zero-order valence-electron chi connectivity index (χ0n) is 9.29. The van der Waals surface area contributed by atoms with E-state index in [2.05, 4.69) is 4.99 Å². The molecule has 0 saturated heterocycles. The van der Waals surface area contributed by atoms with Gasteiger partial charge < -0.3 is 0 Å². The van der Waals surface area contributed by atoms with E-state index in [1.165, 1.54) is 23.5 Å². The Labute approximate surface area is 109 Å². The van der Waals surface area contributed by atoms with Crippen LogP contribution in [0.1, 0.15) is 5.56 Å². The molecular formula is C13H11NOS2. The molecule has 1 heterocycles. The van der Waals surface area contributed by atoms with Gasteiger partial charge >= 0.3 is 0 Å². The Morgan fingerprint density at radius 3 is 2.71 bits per heavy atom. The normalized spacial score (nSPS) is 18.1. The lowest BCUT2D eigenvalue weighted by Crippen LogP contribution is -1.86. The van der Waals surface area contributed by atoms with Gasteiger partial charge in [-0.15, -0.1) is 11.8 Å². The second-order valence-electron chi connectivity index (χ2n) is 3.29. The number of allylic oxidation sites excluding steroid dienone is 2. The number of hydrogen-bond donors (Lipinski definition) is 0. The minimum Gasteiger partial charge on any atom is -0.279 e. The smallest absolute Gasteiger partial charge is 0.244 e. The minimum atomic E-state index is 0.0204. The highest BCUT2D eigenvalue weighted by molar-refractivity contribution is 8.45. The first-order valence-corrected chi connectivity index (χ1v) is 7.12. The Balaban J connectivity index is 2.09. The van der Waals surface area contributed by atoms with Crippen LogP contribution in [0.15, 0.2) is 53.2 Å². The van der Waals surface area contributed by atoms with Crippen molar-refractivity contribution in [3.8, 4) is 0 Å². The topological polar surface area (TPSA) is 29.4 Å². The van der Waals surface area contributed by atoms with Gasteiger partial charge in [-0.05, 0) is 29.7 Å². The number of aliphatic imine (C=N–C) groups is 1. The van der Waals surface area contributed by atoms with E-state index in [1.807, 2.05) is 48.7 Å². The molecule has 0 bridgehead atoms. The largest absolute Gasteiger partial charge is 0.279 e. The lowest BCUT2D eigenvalue weighted by Gasteiger charge is -1.89. The highest BCUT2D eigenvalue weighted by Gasteiger charge is 2.20. The first-order chi connectivity index (χ1) is 8.29. The number of rotatable bonds is 2. The van der Waals surface area contributed by atoms with Crippen LogP contribution in [0.3, 0.4) is 0 Å². The number of nitrogens with zero attached hydrogens (tertiary/aromatic N) is 1. The zero-order chi connectivity index (χ0) is 12.1. The van der Waals surface area contributed by atoms with Gasteiger partial charge in [-0.2, -0.15) is 0 Å². The molecule has 1 aromatic rings. The SMILES string of the molecule is CSC1=N/C(=C/C=C/c2ccccc2)C(=O)S1. The monoisotopic (exact) mass is 261 g/mol. The molecule has 0 saturated carbocycles. The van der Waals surface area contributed by atoms with Gasteiger partial charge in [0, 0.05) is 0 Å². The first kappa shape index (κ1) is 12.2. The van der Waals surface area contributed by atoms with Crippen molar-refractivity contribution >= 4 is 39.1 Å². The zero-order valence-corrected chi connectivity index (χ0v) is 10.9. The summed E-state index contributed by atoms with van der Waals surface area (Å²) in [6, 6.07) is 9.95. The second-order valence-corrected chi connectivity index (χ2v) is 5.31. The van der Waals surface area contributed by atoms with Crippen molar-refractivity contribution in [2.24, 2.45) is 4.99 Å². The van der Waals surface area contributed by atoms with Crippen LogP contribution in [0.5, 0.6) is 0 Å². The van der Waals surface area contributed by atoms with E-state index in [0.29, 0.717) is 5.70 Å². The molecule has 0 unspecified atom stereocenters. The first-order valence-electron chi connectivity index (χ1n) is 5.08. The molecular weight excluding hydrogens is 250 g/mol. The number of benzene rings is 1. The quantitative estimate of drug-likeness (QED) is 0.762. The maximum atomic E-state index is 11.5. The lowest BCUT2D eigenvalue weighted by atomic mass is 10.2. The number of thioether (sulfide) groups is 2. The van der Waals surface area contributed by atoms with Crippen LogP contribution >= 0.6 is 23.5 Å². The standard InChI is InChI=1S/C13H11NOS2/c1-16-13-14-11(12(15)17-13)9-5-8-10-6-3-2-4-7-10/h2-9H,1H3/b8-5+,11-9+. The van der Waals surface area contributed by atoms with E-state index in [0.717, 1.165) is 9.94 Å². The fraction of sp³-hybridized carbons (Fsp3) is 0.0769. The van der Waals surface area contributed by atoms with Crippen molar-refractivity contribution in [2.75, 3.05) is 6.26 Å². The third-order valence-electron chi connectivity index (χ3n) is 2.12. The molecule has 1 aliphatic rings. The van der Waals surface area contributed by atoms with Crippen LogP contribution in [0.25, 0.3) is 6.08 Å². The summed E-state index contributed by atoms with van der Waals surface area (Å²) in [4.78, 5) is 15.7. The lowest BCUT2D eigenvalue weighted by molar-refractivity contribution is -0.107. The van der Waals surface area contributed by atoms with Crippen molar-refractivity contribution in [1.82, 2.24) is 0 Å². The van der Waals surface area contributed by atoms with Gasteiger partial charge in [0.2, 0.25) is 5.12 Å². The minimum absolute atomic E-state index is 0.0204. The van der Waals surface area contributed by atoms with Crippen molar-refractivity contribution in [2.45, 2.75) is 0 Å². The molecule has 86 valence electrons. The number of carbonyl (C=O) groups is 1. The Morgan fingerprint density at radius 1 is 1.29 bits per heavy atom. The van der Waals surface area contributed by atoms with Gasteiger partial charge in [-0.25, -0.2) is 4.99 Å². The van der Waals surface area contributed by atoms with Gasteiger partial charge in [-0.3, -0.25) is 4.79 Å². The molecule has 0 aliphatic carbocycles. The third-order valence-corrected chi connectivity index (χ3v) is 3.97. The van der Waals surface area contributed by atoms with Crippen LogP contribution in [0.2, 0.25) is 0 Å². The van der Waals surface area contributed by atoms with Gasteiger partial charge in [0.05, 0.1) is 0 Å². The molecule has 0 N–H and O–H groups in total. The van der Waals surface area contributed by atoms with Gasteiger partial charge in [-0.1, -0.05) is 42.5 Å². The summed E-state index contributed by atoms with van der Waals surface area (Å²) in [6.07, 6.45) is 7.49. The summed E-state index contributed by atoms with van der Waals surface area (Å²) >= 11 is 2.69. The molecule has 0 radical (unpaired) electrons. The summed E-state index contributed by atoms with van der Waals surface area (Å²) in [6.45, 7) is 0. The average Bonchev–Trinajstić information content (AvgIpc) is 2.72. The molecule has 0 spiro atoms. The predicted molar refractivity (Wildman–Crippen MR) is 77.1 cm³/mol. The Bertz CT molecular complexity index is 503. The molecule has 2 rings (SSSR count). The molecule has 17 heavy (non-hydrogen) atoms. The van der Waals surface area contributed by atoms with Crippen LogP contribution in [0, 0.1) is 0 Å². The molecule has 1 aliphatic heterocycles. The van der Waals surface area contributed by atoms with Gasteiger partial charge in [0.15, 0.2) is 0 Å². The number of hydrogen-bond acceptors (Lipinski definition) is 4. The summed E-state index contributed by atoms with van der Waals surface area (Å²) < 4.78 is 0.814. The van der Waals surface area contributed by atoms with Crippen molar-refractivity contribution in [1.29, 1.82) is 0 Å². The average molecular weight is 261 g/mol. The fourth-order valence-corrected chi connectivity index (χ4v) is 2.58. The summed E-state index contributed by atoms with van der Waals surface area (Å²) in [5.41, 5.74) is 1.63. The van der Waals surface area contributed by atoms with E-state index in [4.69, 9.17) is 0 Å². The maximum Gasteiger partial charge on any atom is 0.244 e. The van der Waals surface area contributed by atoms with E-state index < -0.39 is 0 Å². The number of carbonyl (C=O) groups excluding carboxylic acids is 1. The molecule has 0 atom stereocenters. The highest BCUT2D eigenvalue weighted by Crippen LogP contribution is 2.28. The fourth-order valence-electron chi connectivity index (χ4n) is 1.31. The van der Waals surface area contributed by atoms with Crippen LogP contribution < -0.4 is 0 Å². The second kappa shape index (κ2) is 5.89. The van der Waals surface area contributed by atoms with E-state index in [1.54, 1.807) is 6.08 Å². The predicted octanol–water partition coefficient (Wildman–Crippen LogP) is 3.58. The van der Waals surface area contributed by atoms with Crippen molar-refractivity contribution in [3.05, 3.63) is 53.7 Å². The van der Waals surface area contributed by atoms with E-state index in [9.17, 15) is 4.79 Å².